The highest BCUT2D eigenvalue weighted by Gasteiger charge is 2.27. The Kier molecular flexibility index (Phi) is 7.84. The molecule has 0 aliphatic heterocycles. The van der Waals surface area contributed by atoms with Gasteiger partial charge in [-0.3, -0.25) is 4.79 Å². The van der Waals surface area contributed by atoms with Crippen LogP contribution in [0.3, 0.4) is 0 Å². The molecule has 0 radical (unpaired) electrons. The molecule has 3 aromatic carbocycles. The van der Waals surface area contributed by atoms with Gasteiger partial charge in [-0.25, -0.2) is 12.8 Å². The number of aryl methyl sites for hydroxylation is 2. The van der Waals surface area contributed by atoms with Crippen LogP contribution in [0.25, 0.3) is 0 Å². The molecule has 1 amide bonds. The Morgan fingerprint density at radius 3 is 2.39 bits per heavy atom. The van der Waals surface area contributed by atoms with Crippen molar-refractivity contribution >= 4 is 21.6 Å². The van der Waals surface area contributed by atoms with Crippen molar-refractivity contribution in [2.75, 3.05) is 25.5 Å². The molecule has 0 bridgehead atoms. The van der Waals surface area contributed by atoms with Crippen LogP contribution in [0.2, 0.25) is 0 Å². The molecule has 8 heteroatoms. The third-order valence-electron chi connectivity index (χ3n) is 5.29. The lowest BCUT2D eigenvalue weighted by molar-refractivity contribution is -0.116. The van der Waals surface area contributed by atoms with Crippen LogP contribution >= 0.6 is 0 Å². The molecule has 174 valence electrons. The number of ether oxygens (including phenoxy) is 1. The Balaban J connectivity index is 1.87. The van der Waals surface area contributed by atoms with Crippen LogP contribution in [0.4, 0.5) is 10.1 Å². The second kappa shape index (κ2) is 10.6. The van der Waals surface area contributed by atoms with Gasteiger partial charge < -0.3 is 10.1 Å². The Morgan fingerprint density at radius 1 is 1.00 bits per heavy atom. The van der Waals surface area contributed by atoms with Crippen molar-refractivity contribution in [1.82, 2.24) is 4.31 Å². The molecule has 0 heterocycles. The average molecular weight is 471 g/mol. The van der Waals surface area contributed by atoms with E-state index >= 15 is 0 Å². The number of hydrogen-bond acceptors (Lipinski definition) is 4. The number of halogens is 1. The molecule has 33 heavy (non-hydrogen) atoms. The predicted octanol–water partition coefficient (Wildman–Crippen LogP) is 4.32. The number of methoxy groups -OCH3 is 1. The number of carbonyl (C=O) groups is 1. The minimum absolute atomic E-state index is 0.0728. The lowest BCUT2D eigenvalue weighted by Crippen LogP contribution is -2.39. The van der Waals surface area contributed by atoms with Crippen molar-refractivity contribution < 1.29 is 22.3 Å². The van der Waals surface area contributed by atoms with Gasteiger partial charge in [0.25, 0.3) is 0 Å². The van der Waals surface area contributed by atoms with E-state index in [-0.39, 0.29) is 11.4 Å². The van der Waals surface area contributed by atoms with Gasteiger partial charge in [0.15, 0.2) is 0 Å². The molecule has 0 saturated carbocycles. The summed E-state index contributed by atoms with van der Waals surface area (Å²) < 4.78 is 46.9. The fourth-order valence-corrected chi connectivity index (χ4v) is 4.90. The summed E-state index contributed by atoms with van der Waals surface area (Å²) in [6.07, 6.45) is 0.432. The van der Waals surface area contributed by atoms with Crippen molar-refractivity contribution in [2.45, 2.75) is 25.2 Å². The summed E-state index contributed by atoms with van der Waals surface area (Å²) in [5.74, 6) is -0.465. The van der Waals surface area contributed by atoms with E-state index in [0.717, 1.165) is 9.87 Å². The van der Waals surface area contributed by atoms with Crippen molar-refractivity contribution in [3.8, 4) is 5.75 Å². The van der Waals surface area contributed by atoms with Gasteiger partial charge >= 0.3 is 0 Å². The van der Waals surface area contributed by atoms with Crippen LogP contribution in [-0.2, 0) is 21.2 Å². The first-order chi connectivity index (χ1) is 15.7. The molecule has 0 fully saturated rings. The number of rotatable bonds is 9. The molecule has 6 nitrogen and oxygen atoms in total. The highest BCUT2D eigenvalue weighted by molar-refractivity contribution is 7.89. The van der Waals surface area contributed by atoms with Gasteiger partial charge in [-0.15, -0.1) is 0 Å². The van der Waals surface area contributed by atoms with Gasteiger partial charge in [-0.1, -0.05) is 36.4 Å². The fraction of sp³-hybridized carbons (Fsp3) is 0.240. The summed E-state index contributed by atoms with van der Waals surface area (Å²) in [7, 11) is -2.47. The van der Waals surface area contributed by atoms with E-state index in [9.17, 15) is 17.6 Å². The molecule has 3 rings (SSSR count). The zero-order valence-electron chi connectivity index (χ0n) is 18.8. The molecular weight excluding hydrogens is 443 g/mol. The maximum atomic E-state index is 13.6. The minimum Gasteiger partial charge on any atom is -0.496 e. The number of hydrogen-bond donors (Lipinski definition) is 1. The number of carbonyl (C=O) groups excluding carboxylic acids is 1. The second-order valence-electron chi connectivity index (χ2n) is 7.71. The van der Waals surface area contributed by atoms with E-state index in [2.05, 4.69) is 5.32 Å². The maximum absolute atomic E-state index is 13.6. The third kappa shape index (κ3) is 6.18. The first-order valence-corrected chi connectivity index (χ1v) is 11.9. The lowest BCUT2D eigenvalue weighted by Gasteiger charge is -2.22. The molecule has 0 spiro atoms. The zero-order chi connectivity index (χ0) is 24.0. The van der Waals surface area contributed by atoms with Crippen molar-refractivity contribution in [1.29, 1.82) is 0 Å². The predicted molar refractivity (Wildman–Crippen MR) is 126 cm³/mol. The summed E-state index contributed by atoms with van der Waals surface area (Å²) >= 11 is 0. The van der Waals surface area contributed by atoms with E-state index in [1.54, 1.807) is 26.0 Å². The minimum atomic E-state index is -3.98. The number of sulfonamides is 1. The zero-order valence-corrected chi connectivity index (χ0v) is 19.7. The van der Waals surface area contributed by atoms with E-state index in [0.29, 0.717) is 29.0 Å². The van der Waals surface area contributed by atoms with Crippen LogP contribution in [-0.4, -0.2) is 38.8 Å². The van der Waals surface area contributed by atoms with Crippen LogP contribution in [0.5, 0.6) is 5.75 Å². The molecule has 0 atom stereocenters. The van der Waals surface area contributed by atoms with Gasteiger partial charge in [0, 0.05) is 12.2 Å². The van der Waals surface area contributed by atoms with Gasteiger partial charge in [-0.05, 0) is 67.3 Å². The lowest BCUT2D eigenvalue weighted by atomic mass is 10.1. The van der Waals surface area contributed by atoms with E-state index in [4.69, 9.17) is 4.74 Å². The fourth-order valence-electron chi connectivity index (χ4n) is 3.42. The summed E-state index contributed by atoms with van der Waals surface area (Å²) in [6, 6.07) is 18.1. The highest BCUT2D eigenvalue weighted by atomic mass is 32.2. The standard InChI is InChI=1S/C25H27FN2O4S/c1-18-9-10-21(26)16-23(18)27-25(29)17-28(14-13-20-7-5-4-6-8-20)33(30,31)22-11-12-24(32-3)19(2)15-22/h4-12,15-16H,13-14,17H2,1-3H3,(H,27,29). The molecular formula is C25H27FN2O4S. The highest BCUT2D eigenvalue weighted by Crippen LogP contribution is 2.24. The van der Waals surface area contributed by atoms with Crippen molar-refractivity contribution in [2.24, 2.45) is 0 Å². The first kappa shape index (κ1) is 24.4. The van der Waals surface area contributed by atoms with Gasteiger partial charge in [0.05, 0.1) is 18.6 Å². The SMILES string of the molecule is COc1ccc(S(=O)(=O)N(CCc2ccccc2)CC(=O)Nc2cc(F)ccc2C)cc1C. The first-order valence-electron chi connectivity index (χ1n) is 10.5. The van der Waals surface area contributed by atoms with E-state index in [1.165, 1.54) is 31.4 Å². The Bertz CT molecular complexity index is 1230. The topological polar surface area (TPSA) is 75.7 Å². The number of benzene rings is 3. The molecule has 0 aliphatic carbocycles. The quantitative estimate of drug-likeness (QED) is 0.505. The normalized spacial score (nSPS) is 11.4. The molecule has 0 aliphatic rings. The molecule has 0 saturated heterocycles. The Labute approximate surface area is 194 Å². The maximum Gasteiger partial charge on any atom is 0.243 e. The van der Waals surface area contributed by atoms with Crippen molar-refractivity contribution in [3.63, 3.8) is 0 Å². The van der Waals surface area contributed by atoms with E-state index in [1.807, 2.05) is 30.3 Å². The summed E-state index contributed by atoms with van der Waals surface area (Å²) in [4.78, 5) is 12.9. The summed E-state index contributed by atoms with van der Waals surface area (Å²) in [5, 5.41) is 2.63. The number of nitrogens with zero attached hydrogens (tertiary/aromatic N) is 1. The number of amides is 1. The van der Waals surface area contributed by atoms with Crippen molar-refractivity contribution in [3.05, 3.63) is 89.2 Å². The monoisotopic (exact) mass is 470 g/mol. The Hall–Kier alpha value is -3.23. The van der Waals surface area contributed by atoms with Crippen LogP contribution in [0.1, 0.15) is 16.7 Å². The summed E-state index contributed by atoms with van der Waals surface area (Å²) in [5.41, 5.74) is 2.60. The van der Waals surface area contributed by atoms with Crippen LogP contribution in [0.15, 0.2) is 71.6 Å². The number of anilines is 1. The largest absolute Gasteiger partial charge is 0.496 e. The van der Waals surface area contributed by atoms with Gasteiger partial charge in [0.1, 0.15) is 11.6 Å². The van der Waals surface area contributed by atoms with E-state index < -0.39 is 28.3 Å². The van der Waals surface area contributed by atoms with Crippen LogP contribution < -0.4 is 10.1 Å². The van der Waals surface area contributed by atoms with Crippen LogP contribution in [0, 0.1) is 19.7 Å². The molecule has 3 aromatic rings. The molecule has 0 aromatic heterocycles. The average Bonchev–Trinajstić information content (AvgIpc) is 2.79. The Morgan fingerprint density at radius 2 is 1.73 bits per heavy atom. The second-order valence-corrected chi connectivity index (χ2v) is 9.65. The summed E-state index contributed by atoms with van der Waals surface area (Å²) in [6.45, 7) is 3.19. The number of nitrogens with one attached hydrogen (secondary N) is 1. The smallest absolute Gasteiger partial charge is 0.243 e. The van der Waals surface area contributed by atoms with Gasteiger partial charge in [0.2, 0.25) is 15.9 Å². The third-order valence-corrected chi connectivity index (χ3v) is 7.13. The van der Waals surface area contributed by atoms with Gasteiger partial charge in [-0.2, -0.15) is 4.31 Å². The molecule has 1 N–H and O–H groups in total. The molecule has 0 unspecified atom stereocenters.